The van der Waals surface area contributed by atoms with E-state index in [0.717, 1.165) is 5.92 Å². The molecule has 0 amide bonds. The Morgan fingerprint density at radius 3 is 2.42 bits per heavy atom. The van der Waals surface area contributed by atoms with Gasteiger partial charge < -0.3 is 5.32 Å². The van der Waals surface area contributed by atoms with Crippen LogP contribution >= 0.6 is 27.3 Å². The fourth-order valence-electron chi connectivity index (χ4n) is 3.88. The monoisotopic (exact) mass is 343 g/mol. The summed E-state index contributed by atoms with van der Waals surface area (Å²) in [7, 11) is 2.13. The highest BCUT2D eigenvalue weighted by molar-refractivity contribution is 9.10. The van der Waals surface area contributed by atoms with Gasteiger partial charge in [0.05, 0.1) is 0 Å². The largest absolute Gasteiger partial charge is 0.312 e. The van der Waals surface area contributed by atoms with Gasteiger partial charge in [-0.1, -0.05) is 26.7 Å². The number of aryl methyl sites for hydroxylation is 1. The fourth-order valence-corrected chi connectivity index (χ4v) is 5.69. The van der Waals surface area contributed by atoms with Crippen LogP contribution < -0.4 is 5.32 Å². The minimum absolute atomic E-state index is 0.472. The van der Waals surface area contributed by atoms with E-state index in [9.17, 15) is 0 Å². The van der Waals surface area contributed by atoms with E-state index in [0.29, 0.717) is 11.5 Å². The average molecular weight is 344 g/mol. The maximum atomic E-state index is 3.67. The third-order valence-corrected chi connectivity index (χ3v) is 6.68. The molecule has 0 radical (unpaired) electrons. The molecule has 1 aromatic heterocycles. The predicted molar refractivity (Wildman–Crippen MR) is 88.9 cm³/mol. The number of thiophene rings is 1. The summed E-state index contributed by atoms with van der Waals surface area (Å²) in [4.78, 5) is 2.90. The van der Waals surface area contributed by atoms with Crippen LogP contribution in [0.4, 0.5) is 0 Å². The molecule has 1 heterocycles. The van der Waals surface area contributed by atoms with Crippen LogP contribution in [0.3, 0.4) is 0 Å². The molecule has 0 spiro atoms. The molecule has 3 heteroatoms. The first-order valence-corrected chi connectivity index (χ1v) is 9.02. The molecule has 1 fully saturated rings. The molecule has 1 unspecified atom stereocenters. The first kappa shape index (κ1) is 15.5. The Balaban J connectivity index is 2.32. The second-order valence-electron chi connectivity index (χ2n) is 6.44. The van der Waals surface area contributed by atoms with Crippen molar-refractivity contribution in [3.05, 3.63) is 20.3 Å². The Kier molecular flexibility index (Phi) is 5.13. The zero-order chi connectivity index (χ0) is 14.0. The van der Waals surface area contributed by atoms with Crippen LogP contribution in [0.15, 0.2) is 10.5 Å². The molecule has 19 heavy (non-hydrogen) atoms. The zero-order valence-electron chi connectivity index (χ0n) is 12.6. The minimum atomic E-state index is 0.472. The predicted octanol–water partition coefficient (Wildman–Crippen LogP) is 5.69. The van der Waals surface area contributed by atoms with E-state index in [-0.39, 0.29) is 0 Å². The molecule has 1 nitrogen and oxygen atoms in total. The summed E-state index contributed by atoms with van der Waals surface area (Å²) in [6.07, 6.45) is 6.90. The van der Waals surface area contributed by atoms with E-state index in [2.05, 4.69) is 55.1 Å². The van der Waals surface area contributed by atoms with Crippen molar-refractivity contribution in [1.82, 2.24) is 5.32 Å². The van der Waals surface area contributed by atoms with Crippen LogP contribution in [0, 0.1) is 18.3 Å². The van der Waals surface area contributed by atoms with Crippen LogP contribution in [0.2, 0.25) is 0 Å². The molecule has 108 valence electrons. The Bertz CT molecular complexity index is 399. The highest BCUT2D eigenvalue weighted by Crippen LogP contribution is 2.53. The van der Waals surface area contributed by atoms with Crippen LogP contribution in [-0.2, 0) is 0 Å². The summed E-state index contributed by atoms with van der Waals surface area (Å²) >= 11 is 5.62. The third kappa shape index (κ3) is 3.25. The zero-order valence-corrected chi connectivity index (χ0v) is 15.0. The molecule has 0 bridgehead atoms. The van der Waals surface area contributed by atoms with Crippen molar-refractivity contribution in [3.8, 4) is 0 Å². The van der Waals surface area contributed by atoms with Crippen molar-refractivity contribution in [2.45, 2.75) is 58.9 Å². The van der Waals surface area contributed by atoms with Crippen LogP contribution in [0.5, 0.6) is 0 Å². The standard InChI is InChI=1S/C16H26BrNS/c1-11(2)10-16(7-5-6-8-16)15(18-4)14-9-13(17)12(3)19-14/h9,11,15,18H,5-8,10H2,1-4H3. The normalized spacial score (nSPS) is 20.1. The van der Waals surface area contributed by atoms with E-state index in [1.54, 1.807) is 0 Å². The minimum Gasteiger partial charge on any atom is -0.312 e. The molecule has 1 aromatic rings. The van der Waals surface area contributed by atoms with Crippen molar-refractivity contribution in [1.29, 1.82) is 0 Å². The lowest BCUT2D eigenvalue weighted by Crippen LogP contribution is -2.35. The van der Waals surface area contributed by atoms with Gasteiger partial charge in [-0.05, 0) is 66.6 Å². The van der Waals surface area contributed by atoms with Gasteiger partial charge >= 0.3 is 0 Å². The lowest BCUT2D eigenvalue weighted by Gasteiger charge is -2.38. The highest BCUT2D eigenvalue weighted by Gasteiger charge is 2.42. The maximum absolute atomic E-state index is 3.67. The van der Waals surface area contributed by atoms with Crippen molar-refractivity contribution in [3.63, 3.8) is 0 Å². The van der Waals surface area contributed by atoms with E-state index in [1.807, 2.05) is 11.3 Å². The second-order valence-corrected chi connectivity index (χ2v) is 8.58. The second kappa shape index (κ2) is 6.28. The van der Waals surface area contributed by atoms with Gasteiger partial charge in [0.15, 0.2) is 0 Å². The van der Waals surface area contributed by atoms with Gasteiger partial charge in [0.2, 0.25) is 0 Å². The SMILES string of the molecule is CNC(c1cc(Br)c(C)s1)C1(CC(C)C)CCCC1. The number of rotatable bonds is 5. The van der Waals surface area contributed by atoms with Crippen molar-refractivity contribution < 1.29 is 0 Å². The van der Waals surface area contributed by atoms with E-state index in [1.165, 1.54) is 46.3 Å². The Labute approximate surface area is 130 Å². The molecule has 1 aliphatic rings. The van der Waals surface area contributed by atoms with Crippen molar-refractivity contribution >= 4 is 27.3 Å². The van der Waals surface area contributed by atoms with E-state index < -0.39 is 0 Å². The fraction of sp³-hybridized carbons (Fsp3) is 0.750. The molecule has 1 N–H and O–H groups in total. The molecular weight excluding hydrogens is 318 g/mol. The first-order chi connectivity index (χ1) is 8.98. The average Bonchev–Trinajstić information content (AvgIpc) is 2.89. The van der Waals surface area contributed by atoms with Gasteiger partial charge in [0, 0.05) is 20.3 Å². The topological polar surface area (TPSA) is 12.0 Å². The Morgan fingerprint density at radius 2 is 2.00 bits per heavy atom. The van der Waals surface area contributed by atoms with E-state index in [4.69, 9.17) is 0 Å². The smallest absolute Gasteiger partial charge is 0.0470 e. The molecule has 1 atom stereocenters. The Morgan fingerprint density at radius 1 is 1.37 bits per heavy atom. The van der Waals surface area contributed by atoms with Crippen LogP contribution in [-0.4, -0.2) is 7.05 Å². The van der Waals surface area contributed by atoms with Crippen molar-refractivity contribution in [2.24, 2.45) is 11.3 Å². The van der Waals surface area contributed by atoms with Crippen LogP contribution in [0.1, 0.15) is 61.7 Å². The summed E-state index contributed by atoms with van der Waals surface area (Å²) < 4.78 is 1.27. The molecular formula is C16H26BrNS. The summed E-state index contributed by atoms with van der Waals surface area (Å²) in [5.74, 6) is 0.776. The number of halogens is 1. The quantitative estimate of drug-likeness (QED) is 0.724. The van der Waals surface area contributed by atoms with Gasteiger partial charge in [-0.2, -0.15) is 0 Å². The lowest BCUT2D eigenvalue weighted by molar-refractivity contribution is 0.164. The van der Waals surface area contributed by atoms with Gasteiger partial charge in [-0.25, -0.2) is 0 Å². The number of nitrogens with one attached hydrogen (secondary N) is 1. The summed E-state index contributed by atoms with van der Waals surface area (Å²) in [6, 6.07) is 2.86. The molecule has 2 rings (SSSR count). The van der Waals surface area contributed by atoms with Crippen LogP contribution in [0.25, 0.3) is 0 Å². The molecule has 0 saturated heterocycles. The highest BCUT2D eigenvalue weighted by atomic mass is 79.9. The number of hydrogen-bond donors (Lipinski definition) is 1. The summed E-state index contributed by atoms with van der Waals surface area (Å²) in [5.41, 5.74) is 0.472. The van der Waals surface area contributed by atoms with Gasteiger partial charge in [-0.15, -0.1) is 11.3 Å². The third-order valence-electron chi connectivity index (χ3n) is 4.48. The van der Waals surface area contributed by atoms with Gasteiger partial charge in [0.25, 0.3) is 0 Å². The molecule has 1 saturated carbocycles. The summed E-state index contributed by atoms with van der Waals surface area (Å²) in [5, 5.41) is 3.64. The molecule has 0 aliphatic heterocycles. The maximum Gasteiger partial charge on any atom is 0.0470 e. The first-order valence-electron chi connectivity index (χ1n) is 7.41. The molecule has 0 aromatic carbocycles. The molecule has 1 aliphatic carbocycles. The van der Waals surface area contributed by atoms with Gasteiger partial charge in [-0.3, -0.25) is 0 Å². The number of hydrogen-bond acceptors (Lipinski definition) is 2. The Hall–Kier alpha value is 0.140. The van der Waals surface area contributed by atoms with Crippen molar-refractivity contribution in [2.75, 3.05) is 7.05 Å². The van der Waals surface area contributed by atoms with E-state index >= 15 is 0 Å². The van der Waals surface area contributed by atoms with Gasteiger partial charge in [0.1, 0.15) is 0 Å². The summed E-state index contributed by atoms with van der Waals surface area (Å²) in [6.45, 7) is 6.93. The lowest BCUT2D eigenvalue weighted by atomic mass is 9.72.